The fourth-order valence-electron chi connectivity index (χ4n) is 3.50. The lowest BCUT2D eigenvalue weighted by molar-refractivity contribution is 0.404. The van der Waals surface area contributed by atoms with E-state index in [0.717, 1.165) is 22.4 Å². The Morgan fingerprint density at radius 2 is 1.68 bits per heavy atom. The third-order valence-corrected chi connectivity index (χ3v) is 7.37. The second-order valence-corrected chi connectivity index (χ2v) is 10.4. The minimum absolute atomic E-state index is 0.113. The molecule has 0 aliphatic carbocycles. The molecule has 31 heavy (non-hydrogen) atoms. The number of benzene rings is 1. The molecular weight excluding hydrogens is 453 g/mol. The van der Waals surface area contributed by atoms with Gasteiger partial charge in [-0.2, -0.15) is 0 Å². The normalized spacial score (nSPS) is 16.0. The van der Waals surface area contributed by atoms with Crippen molar-refractivity contribution in [1.29, 1.82) is 0 Å². The SMILES string of the molecule is CC(C)S(=O)N1CCN(c2ncc(-c3ccc(Cl)cc3)c(-c3ccncc3Cl)n2)CC1. The van der Waals surface area contributed by atoms with Gasteiger partial charge in [-0.3, -0.25) is 4.98 Å². The lowest BCUT2D eigenvalue weighted by Gasteiger charge is -2.34. The number of pyridine rings is 1. The Bertz CT molecular complexity index is 1090. The molecule has 1 aromatic carbocycles. The van der Waals surface area contributed by atoms with Crippen LogP contribution in [0.5, 0.6) is 0 Å². The van der Waals surface area contributed by atoms with E-state index in [1.54, 1.807) is 12.4 Å². The van der Waals surface area contributed by atoms with Crippen molar-refractivity contribution >= 4 is 40.1 Å². The predicted octanol–water partition coefficient (Wildman–Crippen LogP) is 4.71. The van der Waals surface area contributed by atoms with Gasteiger partial charge in [-0.05, 0) is 37.6 Å². The van der Waals surface area contributed by atoms with E-state index in [2.05, 4.69) is 14.9 Å². The van der Waals surface area contributed by atoms with Crippen molar-refractivity contribution in [3.8, 4) is 22.4 Å². The zero-order valence-electron chi connectivity index (χ0n) is 17.3. The van der Waals surface area contributed by atoms with E-state index in [0.29, 0.717) is 42.2 Å². The monoisotopic (exact) mass is 475 g/mol. The van der Waals surface area contributed by atoms with Gasteiger partial charge in [-0.1, -0.05) is 35.3 Å². The summed E-state index contributed by atoms with van der Waals surface area (Å²) in [5, 5.41) is 1.31. The molecule has 1 atom stereocenters. The summed E-state index contributed by atoms with van der Waals surface area (Å²) >= 11 is 12.5. The summed E-state index contributed by atoms with van der Waals surface area (Å²) in [7, 11) is -0.967. The molecule has 1 unspecified atom stereocenters. The number of rotatable bonds is 5. The van der Waals surface area contributed by atoms with Gasteiger partial charge in [-0.25, -0.2) is 18.5 Å². The van der Waals surface area contributed by atoms with Crippen molar-refractivity contribution < 1.29 is 4.21 Å². The van der Waals surface area contributed by atoms with E-state index in [1.807, 2.05) is 54.7 Å². The largest absolute Gasteiger partial charge is 0.338 e. The topological polar surface area (TPSA) is 62.2 Å². The molecular formula is C22H23Cl2N5OS. The van der Waals surface area contributed by atoms with Crippen LogP contribution in [0.25, 0.3) is 22.4 Å². The fourth-order valence-corrected chi connectivity index (χ4v) is 4.96. The maximum absolute atomic E-state index is 12.4. The van der Waals surface area contributed by atoms with Gasteiger partial charge in [0.25, 0.3) is 0 Å². The molecule has 6 nitrogen and oxygen atoms in total. The first-order valence-electron chi connectivity index (χ1n) is 10.1. The van der Waals surface area contributed by atoms with Crippen LogP contribution >= 0.6 is 23.2 Å². The van der Waals surface area contributed by atoms with Crippen LogP contribution in [-0.4, -0.2) is 54.9 Å². The molecule has 0 N–H and O–H groups in total. The number of aromatic nitrogens is 3. The number of piperazine rings is 1. The van der Waals surface area contributed by atoms with E-state index in [-0.39, 0.29) is 5.25 Å². The van der Waals surface area contributed by atoms with E-state index in [9.17, 15) is 4.21 Å². The first-order valence-corrected chi connectivity index (χ1v) is 12.0. The van der Waals surface area contributed by atoms with Gasteiger partial charge in [0.1, 0.15) is 0 Å². The van der Waals surface area contributed by atoms with Crippen LogP contribution in [0.4, 0.5) is 5.95 Å². The maximum Gasteiger partial charge on any atom is 0.225 e. The maximum atomic E-state index is 12.4. The highest BCUT2D eigenvalue weighted by Gasteiger charge is 2.25. The smallest absolute Gasteiger partial charge is 0.225 e. The minimum atomic E-state index is -0.967. The number of nitrogens with zero attached hydrogens (tertiary/aromatic N) is 5. The Kier molecular flexibility index (Phi) is 6.86. The van der Waals surface area contributed by atoms with Crippen LogP contribution in [0.2, 0.25) is 10.0 Å². The molecule has 162 valence electrons. The molecule has 3 heterocycles. The summed E-state index contributed by atoms with van der Waals surface area (Å²) in [6.07, 6.45) is 5.15. The molecule has 2 aromatic heterocycles. The molecule has 9 heteroatoms. The van der Waals surface area contributed by atoms with Crippen LogP contribution in [-0.2, 0) is 11.0 Å². The van der Waals surface area contributed by atoms with E-state index < -0.39 is 11.0 Å². The Labute approximate surface area is 194 Å². The Balaban J connectivity index is 1.69. The molecule has 1 saturated heterocycles. The highest BCUT2D eigenvalue weighted by molar-refractivity contribution is 7.83. The third-order valence-electron chi connectivity index (χ3n) is 5.14. The number of hydrogen-bond acceptors (Lipinski definition) is 5. The summed E-state index contributed by atoms with van der Waals surface area (Å²) in [6.45, 7) is 6.79. The van der Waals surface area contributed by atoms with Crippen LogP contribution in [0.15, 0.2) is 48.9 Å². The van der Waals surface area contributed by atoms with Crippen molar-refractivity contribution in [2.24, 2.45) is 0 Å². The van der Waals surface area contributed by atoms with Gasteiger partial charge in [0, 0.05) is 66.2 Å². The molecule has 4 rings (SSSR count). The second kappa shape index (κ2) is 9.61. The van der Waals surface area contributed by atoms with E-state index in [1.165, 1.54) is 0 Å². The summed E-state index contributed by atoms with van der Waals surface area (Å²) in [5.41, 5.74) is 3.36. The van der Waals surface area contributed by atoms with Gasteiger partial charge in [0.05, 0.1) is 21.7 Å². The quantitative estimate of drug-likeness (QED) is 0.534. The van der Waals surface area contributed by atoms with Gasteiger partial charge in [0.2, 0.25) is 5.95 Å². The summed E-state index contributed by atoms with van der Waals surface area (Å²) in [4.78, 5) is 15.8. The van der Waals surface area contributed by atoms with Crippen molar-refractivity contribution in [3.05, 3.63) is 59.0 Å². The summed E-state index contributed by atoms with van der Waals surface area (Å²) < 4.78 is 14.4. The highest BCUT2D eigenvalue weighted by atomic mass is 35.5. The van der Waals surface area contributed by atoms with Crippen LogP contribution in [0, 0.1) is 0 Å². The summed E-state index contributed by atoms with van der Waals surface area (Å²) in [5.74, 6) is 0.635. The van der Waals surface area contributed by atoms with Gasteiger partial charge >= 0.3 is 0 Å². The van der Waals surface area contributed by atoms with Crippen molar-refractivity contribution in [1.82, 2.24) is 19.3 Å². The lowest BCUT2D eigenvalue weighted by Crippen LogP contribution is -2.48. The second-order valence-electron chi connectivity index (χ2n) is 7.54. The molecule has 1 aliphatic rings. The first kappa shape index (κ1) is 22.1. The predicted molar refractivity (Wildman–Crippen MR) is 128 cm³/mol. The molecule has 3 aromatic rings. The molecule has 0 radical (unpaired) electrons. The number of halogens is 2. The lowest BCUT2D eigenvalue weighted by atomic mass is 10.0. The first-order chi connectivity index (χ1) is 14.9. The standard InChI is InChI=1S/C22H23Cl2N5OS/c1-15(2)31(30)29-11-9-28(10-12-29)22-26-13-19(16-3-5-17(23)6-4-16)21(27-22)18-7-8-25-14-20(18)24/h3-8,13-15H,9-12H2,1-2H3. The van der Waals surface area contributed by atoms with Crippen molar-refractivity contribution in [2.45, 2.75) is 19.1 Å². The Morgan fingerprint density at radius 3 is 2.32 bits per heavy atom. The molecule has 0 amide bonds. The number of hydrogen-bond donors (Lipinski definition) is 0. The van der Waals surface area contributed by atoms with Gasteiger partial charge in [-0.15, -0.1) is 0 Å². The van der Waals surface area contributed by atoms with Crippen LogP contribution in [0.3, 0.4) is 0 Å². The van der Waals surface area contributed by atoms with Crippen LogP contribution in [0.1, 0.15) is 13.8 Å². The average Bonchev–Trinajstić information content (AvgIpc) is 2.79. The molecule has 0 spiro atoms. The Morgan fingerprint density at radius 1 is 0.968 bits per heavy atom. The van der Waals surface area contributed by atoms with Gasteiger partial charge < -0.3 is 4.90 Å². The molecule has 1 aliphatic heterocycles. The van der Waals surface area contributed by atoms with E-state index >= 15 is 0 Å². The molecule has 0 bridgehead atoms. The third kappa shape index (κ3) is 4.90. The average molecular weight is 476 g/mol. The highest BCUT2D eigenvalue weighted by Crippen LogP contribution is 2.35. The fraction of sp³-hybridized carbons (Fsp3) is 0.318. The Hall–Kier alpha value is -2.06. The van der Waals surface area contributed by atoms with Crippen LogP contribution < -0.4 is 4.90 Å². The van der Waals surface area contributed by atoms with E-state index in [4.69, 9.17) is 28.2 Å². The van der Waals surface area contributed by atoms with Crippen molar-refractivity contribution in [3.63, 3.8) is 0 Å². The number of anilines is 1. The molecule has 0 saturated carbocycles. The zero-order chi connectivity index (χ0) is 22.0. The van der Waals surface area contributed by atoms with Crippen molar-refractivity contribution in [2.75, 3.05) is 31.1 Å². The molecule has 1 fully saturated rings. The van der Waals surface area contributed by atoms with Gasteiger partial charge in [0.15, 0.2) is 0 Å². The minimum Gasteiger partial charge on any atom is -0.338 e. The summed E-state index contributed by atoms with van der Waals surface area (Å²) in [6, 6.07) is 9.43. The zero-order valence-corrected chi connectivity index (χ0v) is 19.7.